The molecule has 7 nitrogen and oxygen atoms in total. The molecule has 1 saturated carbocycles. The van der Waals surface area contributed by atoms with E-state index in [1.54, 1.807) is 12.1 Å². The highest BCUT2D eigenvalue weighted by atomic mass is 32.2. The number of hydrogen-bond acceptors (Lipinski definition) is 6. The molecule has 0 aromatic heterocycles. The molecule has 0 radical (unpaired) electrons. The van der Waals surface area contributed by atoms with Crippen LogP contribution in [0.5, 0.6) is 0 Å². The van der Waals surface area contributed by atoms with Crippen LogP contribution in [0, 0.1) is 17.3 Å². The van der Waals surface area contributed by atoms with Gasteiger partial charge in [-0.05, 0) is 74.4 Å². The zero-order valence-corrected chi connectivity index (χ0v) is 24.2. The van der Waals surface area contributed by atoms with Gasteiger partial charge in [0.2, 0.25) is 5.91 Å². The summed E-state index contributed by atoms with van der Waals surface area (Å²) in [7, 11) is -3.24. The summed E-state index contributed by atoms with van der Waals surface area (Å²) in [5.41, 5.74) is 1.91. The van der Waals surface area contributed by atoms with E-state index in [2.05, 4.69) is 34.5 Å². The number of amides is 1. The Balaban J connectivity index is 1.14. The van der Waals surface area contributed by atoms with Crippen LogP contribution in [0.2, 0.25) is 0 Å². The van der Waals surface area contributed by atoms with E-state index in [0.29, 0.717) is 35.5 Å². The van der Waals surface area contributed by atoms with Gasteiger partial charge in [-0.15, -0.1) is 0 Å². The first kappa shape index (κ1) is 27.6. The number of carbonyl (C=O) groups excluding carboxylic acids is 2. The van der Waals surface area contributed by atoms with Gasteiger partial charge in [0.05, 0.1) is 16.4 Å². The lowest BCUT2D eigenvalue weighted by molar-refractivity contribution is -0.140. The van der Waals surface area contributed by atoms with Crippen molar-refractivity contribution in [1.82, 2.24) is 15.1 Å². The van der Waals surface area contributed by atoms with E-state index < -0.39 is 9.84 Å². The second-order valence-corrected chi connectivity index (χ2v) is 14.6. The normalized spacial score (nSPS) is 25.9. The molecule has 214 valence electrons. The molecule has 3 aliphatic heterocycles. The highest BCUT2D eigenvalue weighted by Gasteiger charge is 2.51. The van der Waals surface area contributed by atoms with Gasteiger partial charge in [-0.1, -0.05) is 42.5 Å². The summed E-state index contributed by atoms with van der Waals surface area (Å²) in [6, 6.07) is 17.4. The molecule has 1 spiro atoms. The Morgan fingerprint density at radius 2 is 1.65 bits per heavy atom. The summed E-state index contributed by atoms with van der Waals surface area (Å²) in [5.74, 6) is 1.73. The number of sulfone groups is 1. The van der Waals surface area contributed by atoms with E-state index in [9.17, 15) is 18.0 Å². The van der Waals surface area contributed by atoms with Crippen molar-refractivity contribution in [2.24, 2.45) is 17.3 Å². The zero-order valence-electron chi connectivity index (χ0n) is 23.4. The van der Waals surface area contributed by atoms with Gasteiger partial charge < -0.3 is 10.2 Å². The fourth-order valence-corrected chi connectivity index (χ4v) is 7.97. The Hall–Kier alpha value is -2.55. The molecule has 3 heterocycles. The van der Waals surface area contributed by atoms with Crippen molar-refractivity contribution >= 4 is 21.5 Å². The van der Waals surface area contributed by atoms with Crippen LogP contribution in [0.25, 0.3) is 0 Å². The Labute approximate surface area is 238 Å². The molecular weight excluding hydrogens is 522 g/mol. The van der Waals surface area contributed by atoms with Crippen molar-refractivity contribution in [1.29, 1.82) is 0 Å². The fraction of sp³-hybridized carbons (Fsp3) is 0.562. The molecule has 2 aromatic rings. The lowest BCUT2D eigenvalue weighted by Crippen LogP contribution is -2.54. The highest BCUT2D eigenvalue weighted by Crippen LogP contribution is 2.44. The molecular formula is C32H41N3O4S. The topological polar surface area (TPSA) is 86.8 Å². The number of nitrogens with one attached hydrogen (secondary N) is 1. The van der Waals surface area contributed by atoms with Crippen molar-refractivity contribution in [3.8, 4) is 0 Å². The van der Waals surface area contributed by atoms with Crippen LogP contribution in [-0.4, -0.2) is 74.9 Å². The standard InChI is InChI=1S/C32H41N3O4S/c1-40(38,39)26-11-9-24(10-12-26)22-35-18-15-32(31(35)37)13-16-34(17-14-32)30(29(36)19-23-7-8-23)28-21-33-20-27(28)25-5-3-2-4-6-25/h2-6,9-12,23,27-28,30,33H,7-8,13-22H2,1H3/t27-,28-,30?/m1/s1. The zero-order chi connectivity index (χ0) is 27.9. The predicted molar refractivity (Wildman–Crippen MR) is 155 cm³/mol. The minimum Gasteiger partial charge on any atom is -0.338 e. The third kappa shape index (κ3) is 5.63. The average Bonchev–Trinajstić information content (AvgIpc) is 3.55. The van der Waals surface area contributed by atoms with Crippen LogP contribution in [0.3, 0.4) is 0 Å². The van der Waals surface area contributed by atoms with Gasteiger partial charge in [0, 0.05) is 50.7 Å². The van der Waals surface area contributed by atoms with E-state index in [-0.39, 0.29) is 23.3 Å². The van der Waals surface area contributed by atoms with Gasteiger partial charge in [0.15, 0.2) is 15.6 Å². The summed E-state index contributed by atoms with van der Waals surface area (Å²) >= 11 is 0. The van der Waals surface area contributed by atoms with Gasteiger partial charge in [-0.3, -0.25) is 14.5 Å². The maximum Gasteiger partial charge on any atom is 0.229 e. The Bertz CT molecular complexity index is 1330. The largest absolute Gasteiger partial charge is 0.338 e. The van der Waals surface area contributed by atoms with Crippen molar-refractivity contribution < 1.29 is 18.0 Å². The van der Waals surface area contributed by atoms with Crippen molar-refractivity contribution in [2.45, 2.75) is 61.9 Å². The number of Topliss-reactive ketones (excluding diaryl/α,β-unsaturated/α-hetero) is 1. The number of nitrogens with zero attached hydrogens (tertiary/aromatic N) is 2. The summed E-state index contributed by atoms with van der Waals surface area (Å²) in [6.45, 7) is 4.54. The average molecular weight is 564 g/mol. The van der Waals surface area contributed by atoms with Crippen molar-refractivity contribution in [3.05, 3.63) is 65.7 Å². The Kier molecular flexibility index (Phi) is 7.61. The minimum atomic E-state index is -3.24. The van der Waals surface area contributed by atoms with E-state index >= 15 is 0 Å². The molecule has 6 rings (SSSR count). The fourth-order valence-electron chi connectivity index (χ4n) is 7.34. The van der Waals surface area contributed by atoms with E-state index in [4.69, 9.17) is 0 Å². The predicted octanol–water partition coefficient (Wildman–Crippen LogP) is 3.65. The van der Waals surface area contributed by atoms with Crippen LogP contribution in [0.15, 0.2) is 59.5 Å². The first-order chi connectivity index (χ1) is 19.2. The van der Waals surface area contributed by atoms with Crippen LogP contribution in [0.1, 0.15) is 55.6 Å². The molecule has 1 N–H and O–H groups in total. The van der Waals surface area contributed by atoms with Gasteiger partial charge >= 0.3 is 0 Å². The lowest BCUT2D eigenvalue weighted by Gasteiger charge is -2.44. The number of piperidine rings is 1. The second kappa shape index (κ2) is 11.0. The molecule has 1 aliphatic carbocycles. The summed E-state index contributed by atoms with van der Waals surface area (Å²) < 4.78 is 23.6. The summed E-state index contributed by atoms with van der Waals surface area (Å²) in [4.78, 5) is 32.2. The van der Waals surface area contributed by atoms with E-state index in [1.165, 1.54) is 24.7 Å². The molecule has 8 heteroatoms. The van der Waals surface area contributed by atoms with E-state index in [1.807, 2.05) is 23.1 Å². The van der Waals surface area contributed by atoms with Gasteiger partial charge in [0.1, 0.15) is 0 Å². The third-order valence-electron chi connectivity index (χ3n) is 9.89. The molecule has 1 unspecified atom stereocenters. The number of hydrogen-bond donors (Lipinski definition) is 1. The first-order valence-electron chi connectivity index (χ1n) is 14.8. The molecule has 40 heavy (non-hydrogen) atoms. The maximum atomic E-state index is 13.8. The van der Waals surface area contributed by atoms with Gasteiger partial charge in [-0.2, -0.15) is 0 Å². The molecule has 3 saturated heterocycles. The Morgan fingerprint density at radius 3 is 2.30 bits per heavy atom. The van der Waals surface area contributed by atoms with Gasteiger partial charge in [0.25, 0.3) is 0 Å². The van der Waals surface area contributed by atoms with Crippen LogP contribution >= 0.6 is 0 Å². The SMILES string of the molecule is CS(=O)(=O)c1ccc(CN2CCC3(CCN(C(C(=O)CC4CC4)[C@@H]4CNC[C@@H]4c4ccccc4)CC3)C2=O)cc1. The van der Waals surface area contributed by atoms with Crippen LogP contribution in [0.4, 0.5) is 0 Å². The molecule has 4 fully saturated rings. The quantitative estimate of drug-likeness (QED) is 0.501. The third-order valence-corrected chi connectivity index (χ3v) is 11.0. The lowest BCUT2D eigenvalue weighted by atomic mass is 9.74. The van der Waals surface area contributed by atoms with E-state index in [0.717, 1.165) is 57.5 Å². The number of benzene rings is 2. The van der Waals surface area contributed by atoms with Crippen molar-refractivity contribution in [2.75, 3.05) is 39.0 Å². The molecule has 3 atom stereocenters. The number of carbonyl (C=O) groups is 2. The molecule has 0 bridgehead atoms. The maximum absolute atomic E-state index is 13.8. The number of rotatable bonds is 9. The monoisotopic (exact) mass is 563 g/mol. The minimum absolute atomic E-state index is 0.0980. The highest BCUT2D eigenvalue weighted by molar-refractivity contribution is 7.90. The van der Waals surface area contributed by atoms with Crippen LogP contribution in [-0.2, 0) is 26.0 Å². The molecule has 4 aliphatic rings. The molecule has 1 amide bonds. The number of ketones is 1. The summed E-state index contributed by atoms with van der Waals surface area (Å²) in [5, 5.41) is 3.59. The first-order valence-corrected chi connectivity index (χ1v) is 16.7. The smallest absolute Gasteiger partial charge is 0.229 e. The summed E-state index contributed by atoms with van der Waals surface area (Å²) in [6.07, 6.45) is 6.67. The number of likely N-dealkylation sites (tertiary alicyclic amines) is 2. The molecule has 2 aromatic carbocycles. The van der Waals surface area contributed by atoms with Crippen molar-refractivity contribution in [3.63, 3.8) is 0 Å². The second-order valence-electron chi connectivity index (χ2n) is 12.6. The van der Waals surface area contributed by atoms with Gasteiger partial charge in [-0.25, -0.2) is 8.42 Å². The Morgan fingerprint density at radius 1 is 0.975 bits per heavy atom. The van der Waals surface area contributed by atoms with Crippen LogP contribution < -0.4 is 5.32 Å².